The zero-order valence-electron chi connectivity index (χ0n) is 14.5. The molecule has 1 N–H and O–H groups in total. The van der Waals surface area contributed by atoms with E-state index in [4.69, 9.17) is 0 Å². The van der Waals surface area contributed by atoms with Gasteiger partial charge in [0.1, 0.15) is 17.8 Å². The predicted molar refractivity (Wildman–Crippen MR) is 92.5 cm³/mol. The summed E-state index contributed by atoms with van der Waals surface area (Å²) in [6.45, 7) is 0.872. The number of nitrogens with zero attached hydrogens (tertiary/aromatic N) is 4. The maximum atomic E-state index is 13.4. The van der Waals surface area contributed by atoms with Crippen LogP contribution in [0.25, 0.3) is 11.0 Å². The highest BCUT2D eigenvalue weighted by Gasteiger charge is 2.21. The molecule has 1 aromatic carbocycles. The molecule has 0 aliphatic heterocycles. The molecule has 138 valence electrons. The Balaban J connectivity index is 2.15. The Morgan fingerprint density at radius 1 is 1.19 bits per heavy atom. The van der Waals surface area contributed by atoms with Crippen molar-refractivity contribution >= 4 is 17.0 Å². The summed E-state index contributed by atoms with van der Waals surface area (Å²) in [6.07, 6.45) is -2.55. The molecular formula is C17H18F3N5O. The molecule has 3 rings (SSSR count). The number of aromatic amines is 1. The summed E-state index contributed by atoms with van der Waals surface area (Å²) in [5.41, 5.74) is 0.376. The van der Waals surface area contributed by atoms with E-state index in [1.165, 1.54) is 16.8 Å². The van der Waals surface area contributed by atoms with Crippen molar-refractivity contribution in [1.29, 1.82) is 0 Å². The largest absolute Gasteiger partial charge is 0.348 e. The number of benzene rings is 1. The summed E-state index contributed by atoms with van der Waals surface area (Å²) in [5, 5.41) is 4.29. The molecule has 0 saturated heterocycles. The van der Waals surface area contributed by atoms with Gasteiger partial charge in [-0.3, -0.25) is 9.78 Å². The molecule has 2 aromatic heterocycles. The van der Waals surface area contributed by atoms with E-state index < -0.39 is 24.7 Å². The highest BCUT2D eigenvalue weighted by atomic mass is 19.3. The molecule has 0 bridgehead atoms. The van der Waals surface area contributed by atoms with E-state index in [0.717, 1.165) is 0 Å². The van der Waals surface area contributed by atoms with Crippen molar-refractivity contribution < 1.29 is 13.2 Å². The predicted octanol–water partition coefficient (Wildman–Crippen LogP) is 3.20. The van der Waals surface area contributed by atoms with Crippen molar-refractivity contribution in [2.75, 3.05) is 19.0 Å². The smallest absolute Gasteiger partial charge is 0.263 e. The second-order valence-electron chi connectivity index (χ2n) is 6.15. The molecule has 0 unspecified atom stereocenters. The average Bonchev–Trinajstić information content (AvgIpc) is 3.00. The molecular weight excluding hydrogens is 347 g/mol. The van der Waals surface area contributed by atoms with E-state index in [9.17, 15) is 18.0 Å². The lowest BCUT2D eigenvalue weighted by molar-refractivity contribution is 0.151. The zero-order chi connectivity index (χ0) is 19.0. The number of hydrogen-bond acceptors (Lipinski definition) is 4. The van der Waals surface area contributed by atoms with Crippen LogP contribution in [0.4, 0.5) is 19.1 Å². The van der Waals surface area contributed by atoms with Gasteiger partial charge in [-0.2, -0.15) is 10.1 Å². The fourth-order valence-corrected chi connectivity index (χ4v) is 2.74. The maximum absolute atomic E-state index is 13.4. The van der Waals surface area contributed by atoms with Crippen LogP contribution in [0.2, 0.25) is 0 Å². The first-order valence-corrected chi connectivity index (χ1v) is 7.96. The molecule has 0 radical (unpaired) electrons. The first-order valence-electron chi connectivity index (χ1n) is 7.96. The monoisotopic (exact) mass is 365 g/mol. The number of hydrogen-bond donors (Lipinski definition) is 1. The first kappa shape index (κ1) is 18.0. The average molecular weight is 365 g/mol. The van der Waals surface area contributed by atoms with Gasteiger partial charge in [0.05, 0.1) is 6.04 Å². The topological polar surface area (TPSA) is 66.8 Å². The summed E-state index contributed by atoms with van der Waals surface area (Å²) in [5.74, 6) is 0.314. The van der Waals surface area contributed by atoms with Gasteiger partial charge in [0.15, 0.2) is 5.65 Å². The number of H-pyrrole nitrogens is 1. The third kappa shape index (κ3) is 3.04. The van der Waals surface area contributed by atoms with E-state index in [1.54, 1.807) is 38.1 Å². The highest BCUT2D eigenvalue weighted by molar-refractivity contribution is 5.78. The summed E-state index contributed by atoms with van der Waals surface area (Å²) in [4.78, 5) is 20.9. The molecule has 0 amide bonds. The Bertz CT molecular complexity index is 978. The minimum atomic E-state index is -2.55. The van der Waals surface area contributed by atoms with Gasteiger partial charge in [-0.15, -0.1) is 0 Å². The number of halogens is 3. The second kappa shape index (κ2) is 6.81. The summed E-state index contributed by atoms with van der Waals surface area (Å²) >= 11 is 0. The number of fused-ring (bicyclic) bond motifs is 1. The normalized spacial score (nSPS) is 12.7. The Kier molecular flexibility index (Phi) is 4.71. The third-order valence-electron chi connectivity index (χ3n) is 4.21. The number of rotatable bonds is 5. The molecule has 0 saturated carbocycles. The fourth-order valence-electron chi connectivity index (χ4n) is 2.74. The van der Waals surface area contributed by atoms with Gasteiger partial charge in [0.25, 0.3) is 12.0 Å². The lowest BCUT2D eigenvalue weighted by atomic mass is 10.1. The lowest BCUT2D eigenvalue weighted by Gasteiger charge is -2.15. The minimum absolute atomic E-state index is 0.00453. The van der Waals surface area contributed by atoms with Crippen LogP contribution in [0.5, 0.6) is 0 Å². The maximum Gasteiger partial charge on any atom is 0.263 e. The van der Waals surface area contributed by atoms with Crippen LogP contribution in [0.15, 0.2) is 29.1 Å². The van der Waals surface area contributed by atoms with Gasteiger partial charge in [-0.25, -0.2) is 17.9 Å². The molecule has 3 aromatic rings. The first-order chi connectivity index (χ1) is 12.3. The van der Waals surface area contributed by atoms with Crippen LogP contribution in [-0.4, -0.2) is 33.8 Å². The summed E-state index contributed by atoms with van der Waals surface area (Å²) in [7, 11) is 3.43. The highest BCUT2D eigenvalue weighted by Crippen LogP contribution is 2.26. The van der Waals surface area contributed by atoms with Crippen LogP contribution in [0.3, 0.4) is 0 Å². The van der Waals surface area contributed by atoms with Gasteiger partial charge in [0.2, 0.25) is 5.95 Å². The molecule has 1 atom stereocenters. The van der Waals surface area contributed by atoms with E-state index >= 15 is 0 Å². The third-order valence-corrected chi connectivity index (χ3v) is 4.21. The Morgan fingerprint density at radius 3 is 2.35 bits per heavy atom. The minimum Gasteiger partial charge on any atom is -0.348 e. The van der Waals surface area contributed by atoms with Crippen LogP contribution in [0.1, 0.15) is 36.2 Å². The molecule has 0 aliphatic rings. The van der Waals surface area contributed by atoms with E-state index in [2.05, 4.69) is 15.1 Å². The Hall–Kier alpha value is -2.84. The molecule has 6 nitrogen and oxygen atoms in total. The molecule has 2 heterocycles. The van der Waals surface area contributed by atoms with Crippen molar-refractivity contribution in [2.45, 2.75) is 26.1 Å². The molecule has 26 heavy (non-hydrogen) atoms. The number of nitrogens with one attached hydrogen (secondary N) is 1. The van der Waals surface area contributed by atoms with Crippen LogP contribution in [0, 0.1) is 0 Å². The number of anilines is 1. The number of alkyl halides is 3. The fraction of sp³-hybridized carbons (Fsp3) is 0.353. The van der Waals surface area contributed by atoms with Crippen LogP contribution in [-0.2, 0) is 6.67 Å². The van der Waals surface area contributed by atoms with Crippen molar-refractivity contribution in [1.82, 2.24) is 19.7 Å². The van der Waals surface area contributed by atoms with Crippen molar-refractivity contribution in [3.05, 3.63) is 51.4 Å². The lowest BCUT2D eigenvalue weighted by Crippen LogP contribution is -2.20. The molecule has 0 fully saturated rings. The second-order valence-corrected chi connectivity index (χ2v) is 6.15. The van der Waals surface area contributed by atoms with Gasteiger partial charge in [-0.05, 0) is 12.5 Å². The van der Waals surface area contributed by atoms with Gasteiger partial charge < -0.3 is 4.90 Å². The Morgan fingerprint density at radius 2 is 1.81 bits per heavy atom. The standard InChI is InChI=1S/C17H18F3N5O/c1-9(10-4-6-11(7-5-10)14(19)20)25-15-13(12(8-18)23-25)16(26)22-17(21-15)24(2)3/h4-7,9,14H,8H2,1-3H3,(H,21,22,26)/t9-/m1/s1. The van der Waals surface area contributed by atoms with Gasteiger partial charge >= 0.3 is 0 Å². The zero-order valence-corrected chi connectivity index (χ0v) is 14.5. The van der Waals surface area contributed by atoms with E-state index in [-0.39, 0.29) is 22.3 Å². The van der Waals surface area contributed by atoms with Crippen LogP contribution < -0.4 is 10.5 Å². The Labute approximate surface area is 147 Å². The van der Waals surface area contributed by atoms with E-state index in [0.29, 0.717) is 11.5 Å². The summed E-state index contributed by atoms with van der Waals surface area (Å²) < 4.78 is 40.3. The van der Waals surface area contributed by atoms with E-state index in [1.807, 2.05) is 0 Å². The number of aromatic nitrogens is 4. The van der Waals surface area contributed by atoms with Crippen LogP contribution >= 0.6 is 0 Å². The van der Waals surface area contributed by atoms with Gasteiger partial charge in [0, 0.05) is 19.7 Å². The van der Waals surface area contributed by atoms with Gasteiger partial charge in [-0.1, -0.05) is 24.3 Å². The molecule has 0 aliphatic carbocycles. The molecule has 9 heteroatoms. The quantitative estimate of drug-likeness (QED) is 0.754. The van der Waals surface area contributed by atoms with Crippen molar-refractivity contribution in [2.24, 2.45) is 0 Å². The molecule has 0 spiro atoms. The van der Waals surface area contributed by atoms with Crippen molar-refractivity contribution in [3.63, 3.8) is 0 Å². The van der Waals surface area contributed by atoms with Crippen molar-refractivity contribution in [3.8, 4) is 0 Å². The summed E-state index contributed by atoms with van der Waals surface area (Å²) in [6, 6.07) is 5.38. The SMILES string of the molecule is C[C@H](c1ccc(C(F)F)cc1)n1nc(CF)c2c(=O)[nH]c(N(C)C)nc21.